The zero-order valence-corrected chi connectivity index (χ0v) is 11.7. The number of hydrogen-bond donors (Lipinski definition) is 2. The molecule has 1 aromatic heterocycles. The Kier molecular flexibility index (Phi) is 5.26. The quantitative estimate of drug-likeness (QED) is 0.860. The van der Waals surface area contributed by atoms with Gasteiger partial charge in [0.1, 0.15) is 5.82 Å². The van der Waals surface area contributed by atoms with Crippen molar-refractivity contribution >= 4 is 17.2 Å². The molecule has 0 saturated heterocycles. The lowest BCUT2D eigenvalue weighted by molar-refractivity contribution is -0.121. The van der Waals surface area contributed by atoms with Crippen molar-refractivity contribution < 1.29 is 14.3 Å². The van der Waals surface area contributed by atoms with Gasteiger partial charge in [-0.1, -0.05) is 24.3 Å². The molecule has 0 aliphatic rings. The molecule has 5 heteroatoms. The standard InChI is InChI=1S/C15H16FNO2S/c16-12-5-2-1-4-11(12)10-17-15(19)8-7-13(18)14-6-3-9-20-14/h1-6,9,13,18H,7-8,10H2,(H,17,19)/t13-/m0/s1. The van der Waals surface area contributed by atoms with Crippen LogP contribution in [0.15, 0.2) is 41.8 Å². The van der Waals surface area contributed by atoms with Gasteiger partial charge in [-0.05, 0) is 23.9 Å². The van der Waals surface area contributed by atoms with Gasteiger partial charge in [0.25, 0.3) is 0 Å². The minimum absolute atomic E-state index is 0.167. The molecule has 1 amide bonds. The van der Waals surface area contributed by atoms with Gasteiger partial charge in [-0.15, -0.1) is 11.3 Å². The Morgan fingerprint density at radius 1 is 1.30 bits per heavy atom. The second kappa shape index (κ2) is 7.17. The summed E-state index contributed by atoms with van der Waals surface area (Å²) in [6.45, 7) is 0.167. The highest BCUT2D eigenvalue weighted by atomic mass is 32.1. The van der Waals surface area contributed by atoms with Crippen LogP contribution < -0.4 is 5.32 Å². The van der Waals surface area contributed by atoms with Crippen LogP contribution in [0.5, 0.6) is 0 Å². The smallest absolute Gasteiger partial charge is 0.220 e. The van der Waals surface area contributed by atoms with Crippen molar-refractivity contribution in [2.24, 2.45) is 0 Å². The fraction of sp³-hybridized carbons (Fsp3) is 0.267. The number of halogens is 1. The molecule has 0 unspecified atom stereocenters. The van der Waals surface area contributed by atoms with Crippen molar-refractivity contribution in [3.8, 4) is 0 Å². The first-order valence-corrected chi connectivity index (χ1v) is 7.26. The Bertz CT molecular complexity index is 557. The van der Waals surface area contributed by atoms with Crippen LogP contribution in [0.3, 0.4) is 0 Å². The molecule has 2 N–H and O–H groups in total. The van der Waals surface area contributed by atoms with E-state index in [0.717, 1.165) is 4.88 Å². The van der Waals surface area contributed by atoms with Crippen LogP contribution >= 0.6 is 11.3 Å². The molecule has 0 fully saturated rings. The van der Waals surface area contributed by atoms with Crippen molar-refractivity contribution in [3.05, 3.63) is 58.0 Å². The van der Waals surface area contributed by atoms with Crippen LogP contribution in [0.4, 0.5) is 4.39 Å². The van der Waals surface area contributed by atoms with E-state index in [-0.39, 0.29) is 24.7 Å². The van der Waals surface area contributed by atoms with E-state index in [0.29, 0.717) is 12.0 Å². The monoisotopic (exact) mass is 293 g/mol. The minimum atomic E-state index is -0.616. The van der Waals surface area contributed by atoms with E-state index in [4.69, 9.17) is 0 Å². The summed E-state index contributed by atoms with van der Waals surface area (Å²) in [5.41, 5.74) is 0.458. The van der Waals surface area contributed by atoms with E-state index in [1.54, 1.807) is 18.2 Å². The first-order valence-electron chi connectivity index (χ1n) is 6.38. The van der Waals surface area contributed by atoms with Gasteiger partial charge < -0.3 is 10.4 Å². The van der Waals surface area contributed by atoms with Crippen molar-refractivity contribution in [3.63, 3.8) is 0 Å². The molecule has 0 spiro atoms. The zero-order chi connectivity index (χ0) is 14.4. The molecule has 106 valence electrons. The van der Waals surface area contributed by atoms with Crippen LogP contribution in [0.2, 0.25) is 0 Å². The highest BCUT2D eigenvalue weighted by Gasteiger charge is 2.11. The van der Waals surface area contributed by atoms with Crippen LogP contribution in [-0.2, 0) is 11.3 Å². The Morgan fingerprint density at radius 2 is 2.10 bits per heavy atom. The summed E-state index contributed by atoms with van der Waals surface area (Å²) in [6, 6.07) is 10.0. The van der Waals surface area contributed by atoms with E-state index in [2.05, 4.69) is 5.32 Å². The van der Waals surface area contributed by atoms with Crippen LogP contribution in [0, 0.1) is 5.82 Å². The van der Waals surface area contributed by atoms with Gasteiger partial charge in [-0.3, -0.25) is 4.79 Å². The van der Waals surface area contributed by atoms with E-state index >= 15 is 0 Å². The highest BCUT2D eigenvalue weighted by molar-refractivity contribution is 7.10. The first kappa shape index (κ1) is 14.7. The predicted molar refractivity (Wildman–Crippen MR) is 76.8 cm³/mol. The molecule has 0 saturated carbocycles. The van der Waals surface area contributed by atoms with Crippen molar-refractivity contribution in [1.29, 1.82) is 0 Å². The molecule has 0 bridgehead atoms. The molecule has 1 heterocycles. The van der Waals surface area contributed by atoms with Gasteiger partial charge in [0.2, 0.25) is 5.91 Å². The minimum Gasteiger partial charge on any atom is -0.388 e. The number of amides is 1. The number of hydrogen-bond acceptors (Lipinski definition) is 3. The van der Waals surface area contributed by atoms with Crippen LogP contribution in [0.25, 0.3) is 0 Å². The fourth-order valence-corrected chi connectivity index (χ4v) is 2.56. The molecule has 20 heavy (non-hydrogen) atoms. The molecule has 1 atom stereocenters. The summed E-state index contributed by atoms with van der Waals surface area (Å²) in [7, 11) is 0. The SMILES string of the molecule is O=C(CC[C@H](O)c1cccs1)NCc1ccccc1F. The largest absolute Gasteiger partial charge is 0.388 e. The molecule has 0 aliphatic carbocycles. The molecule has 1 aromatic carbocycles. The second-order valence-electron chi connectivity index (χ2n) is 4.44. The summed E-state index contributed by atoms with van der Waals surface area (Å²) in [5, 5.41) is 14.4. The third-order valence-corrected chi connectivity index (χ3v) is 3.92. The summed E-state index contributed by atoms with van der Waals surface area (Å²) >= 11 is 1.46. The number of nitrogens with one attached hydrogen (secondary N) is 1. The number of rotatable bonds is 6. The van der Waals surface area contributed by atoms with Gasteiger partial charge in [0.15, 0.2) is 0 Å². The Balaban J connectivity index is 1.75. The van der Waals surface area contributed by atoms with Crippen LogP contribution in [-0.4, -0.2) is 11.0 Å². The Morgan fingerprint density at radius 3 is 2.80 bits per heavy atom. The molecule has 2 rings (SSSR count). The second-order valence-corrected chi connectivity index (χ2v) is 5.42. The molecule has 0 radical (unpaired) electrons. The molecule has 3 nitrogen and oxygen atoms in total. The van der Waals surface area contributed by atoms with Gasteiger partial charge >= 0.3 is 0 Å². The number of aliphatic hydroxyl groups is 1. The molecular weight excluding hydrogens is 277 g/mol. The third kappa shape index (κ3) is 4.15. The van der Waals surface area contributed by atoms with Gasteiger partial charge in [-0.25, -0.2) is 4.39 Å². The highest BCUT2D eigenvalue weighted by Crippen LogP contribution is 2.22. The van der Waals surface area contributed by atoms with E-state index < -0.39 is 6.10 Å². The van der Waals surface area contributed by atoms with Gasteiger partial charge in [0, 0.05) is 23.4 Å². The number of carbonyl (C=O) groups is 1. The third-order valence-electron chi connectivity index (χ3n) is 2.95. The molecular formula is C15H16FNO2S. The van der Waals surface area contributed by atoms with E-state index in [1.807, 2.05) is 17.5 Å². The maximum atomic E-state index is 13.4. The average Bonchev–Trinajstić information content (AvgIpc) is 2.98. The van der Waals surface area contributed by atoms with Crippen molar-refractivity contribution in [2.45, 2.75) is 25.5 Å². The normalized spacial score (nSPS) is 12.1. The lowest BCUT2D eigenvalue weighted by atomic mass is 10.1. The fourth-order valence-electron chi connectivity index (χ4n) is 1.81. The topological polar surface area (TPSA) is 49.3 Å². The van der Waals surface area contributed by atoms with Crippen molar-refractivity contribution in [2.75, 3.05) is 0 Å². The maximum absolute atomic E-state index is 13.4. The average molecular weight is 293 g/mol. The van der Waals surface area contributed by atoms with E-state index in [9.17, 15) is 14.3 Å². The van der Waals surface area contributed by atoms with Crippen LogP contribution in [0.1, 0.15) is 29.4 Å². The van der Waals surface area contributed by atoms with E-state index in [1.165, 1.54) is 17.4 Å². The molecule has 0 aliphatic heterocycles. The Labute approximate surface area is 121 Å². The van der Waals surface area contributed by atoms with Gasteiger partial charge in [-0.2, -0.15) is 0 Å². The molecule has 2 aromatic rings. The Hall–Kier alpha value is -1.72. The summed E-state index contributed by atoms with van der Waals surface area (Å²) in [4.78, 5) is 12.5. The maximum Gasteiger partial charge on any atom is 0.220 e. The lowest BCUT2D eigenvalue weighted by Gasteiger charge is -2.09. The lowest BCUT2D eigenvalue weighted by Crippen LogP contribution is -2.23. The number of thiophene rings is 1. The first-order chi connectivity index (χ1) is 9.66. The number of aliphatic hydroxyl groups excluding tert-OH is 1. The summed E-state index contributed by atoms with van der Waals surface area (Å²) in [5.74, 6) is -0.518. The summed E-state index contributed by atoms with van der Waals surface area (Å²) < 4.78 is 13.4. The van der Waals surface area contributed by atoms with Gasteiger partial charge in [0.05, 0.1) is 6.10 Å². The number of carbonyl (C=O) groups excluding carboxylic acids is 1. The zero-order valence-electron chi connectivity index (χ0n) is 10.9. The predicted octanol–water partition coefficient (Wildman–Crippen LogP) is 3.02. The number of benzene rings is 1. The summed E-state index contributed by atoms with van der Waals surface area (Å²) in [6.07, 6.45) is -0.0360. The van der Waals surface area contributed by atoms with Crippen molar-refractivity contribution in [1.82, 2.24) is 5.32 Å².